The molecule has 1 aromatic carbocycles. The summed E-state index contributed by atoms with van der Waals surface area (Å²) in [6.07, 6.45) is -0.348. The van der Waals surface area contributed by atoms with E-state index in [1.807, 2.05) is 30.3 Å². The number of halogens is 1. The summed E-state index contributed by atoms with van der Waals surface area (Å²) in [6.45, 7) is 0.793. The Labute approximate surface area is 94.6 Å². The molecule has 0 unspecified atom stereocenters. The van der Waals surface area contributed by atoms with Crippen LogP contribution < -0.4 is 0 Å². The van der Waals surface area contributed by atoms with Gasteiger partial charge in [-0.15, -0.1) is 11.6 Å². The van der Waals surface area contributed by atoms with E-state index in [1.54, 1.807) is 7.05 Å². The third kappa shape index (κ3) is 4.21. The van der Waals surface area contributed by atoms with E-state index >= 15 is 0 Å². The van der Waals surface area contributed by atoms with Crippen molar-refractivity contribution in [3.63, 3.8) is 0 Å². The highest BCUT2D eigenvalue weighted by Crippen LogP contribution is 2.03. The Kier molecular flexibility index (Phi) is 4.98. The molecule has 3 nitrogen and oxygen atoms in total. The van der Waals surface area contributed by atoms with Crippen LogP contribution in [0.25, 0.3) is 0 Å². The van der Waals surface area contributed by atoms with Gasteiger partial charge < -0.3 is 9.64 Å². The van der Waals surface area contributed by atoms with E-state index in [4.69, 9.17) is 16.3 Å². The summed E-state index contributed by atoms with van der Waals surface area (Å²) in [5, 5.41) is 0. The smallest absolute Gasteiger partial charge is 0.409 e. The van der Waals surface area contributed by atoms with Crippen molar-refractivity contribution in [2.75, 3.05) is 19.5 Å². The molecular weight excluding hydrogens is 214 g/mol. The fourth-order valence-electron chi connectivity index (χ4n) is 1.16. The van der Waals surface area contributed by atoms with Gasteiger partial charge in [-0.05, 0) is 5.56 Å². The second-order valence-corrected chi connectivity index (χ2v) is 3.52. The van der Waals surface area contributed by atoms with Crippen molar-refractivity contribution in [1.29, 1.82) is 0 Å². The van der Waals surface area contributed by atoms with Gasteiger partial charge in [-0.1, -0.05) is 30.3 Å². The minimum atomic E-state index is -0.348. The Morgan fingerprint density at radius 1 is 1.40 bits per heavy atom. The van der Waals surface area contributed by atoms with E-state index < -0.39 is 0 Å². The van der Waals surface area contributed by atoms with E-state index in [0.717, 1.165) is 5.56 Å². The van der Waals surface area contributed by atoms with E-state index in [-0.39, 0.29) is 12.7 Å². The Morgan fingerprint density at radius 3 is 2.67 bits per heavy atom. The van der Waals surface area contributed by atoms with Crippen LogP contribution in [0.3, 0.4) is 0 Å². The largest absolute Gasteiger partial charge is 0.448 e. The van der Waals surface area contributed by atoms with Gasteiger partial charge in [0.05, 0.1) is 5.88 Å². The molecular formula is C11H14ClNO2. The molecule has 0 radical (unpaired) electrons. The van der Waals surface area contributed by atoms with Crippen LogP contribution in [0.5, 0.6) is 0 Å². The monoisotopic (exact) mass is 227 g/mol. The molecule has 0 heterocycles. The van der Waals surface area contributed by atoms with Crippen LogP contribution in [-0.4, -0.2) is 30.5 Å². The van der Waals surface area contributed by atoms with Crippen molar-refractivity contribution in [3.8, 4) is 0 Å². The van der Waals surface area contributed by atoms with Gasteiger partial charge in [0.15, 0.2) is 0 Å². The topological polar surface area (TPSA) is 29.5 Å². The van der Waals surface area contributed by atoms with Crippen molar-refractivity contribution in [2.45, 2.75) is 6.54 Å². The molecule has 0 bridgehead atoms. The van der Waals surface area contributed by atoms with Crippen molar-refractivity contribution < 1.29 is 9.53 Å². The Balaban J connectivity index is 2.41. The van der Waals surface area contributed by atoms with Gasteiger partial charge in [-0.25, -0.2) is 4.79 Å². The second kappa shape index (κ2) is 6.30. The number of benzene rings is 1. The zero-order valence-electron chi connectivity index (χ0n) is 8.65. The fourth-order valence-corrected chi connectivity index (χ4v) is 1.24. The summed E-state index contributed by atoms with van der Waals surface area (Å²) in [5.74, 6) is 0.324. The number of nitrogens with zero attached hydrogens (tertiary/aromatic N) is 1. The van der Waals surface area contributed by atoms with Crippen LogP contribution in [0.4, 0.5) is 4.79 Å². The predicted octanol–water partition coefficient (Wildman–Crippen LogP) is 2.49. The number of amides is 1. The Bertz CT molecular complexity index is 303. The first-order valence-electron chi connectivity index (χ1n) is 4.72. The number of ether oxygens (including phenoxy) is 1. The van der Waals surface area contributed by atoms with Crippen LogP contribution in [0, 0.1) is 0 Å². The van der Waals surface area contributed by atoms with Gasteiger partial charge >= 0.3 is 6.09 Å². The van der Waals surface area contributed by atoms with Gasteiger partial charge in [-0.2, -0.15) is 0 Å². The first-order chi connectivity index (χ1) is 7.24. The number of carbonyl (C=O) groups excluding carboxylic acids is 1. The molecule has 1 amide bonds. The quantitative estimate of drug-likeness (QED) is 0.740. The number of hydrogen-bond donors (Lipinski definition) is 0. The molecule has 0 aliphatic rings. The standard InChI is InChI=1S/C11H14ClNO2/c1-13(11(14)15-8-7-12)9-10-5-3-2-4-6-10/h2-6H,7-9H2,1H3. The molecule has 82 valence electrons. The van der Waals surface area contributed by atoms with E-state index in [9.17, 15) is 4.79 Å². The molecule has 1 aromatic rings. The molecule has 0 saturated heterocycles. The number of carbonyl (C=O) groups is 1. The molecule has 1 rings (SSSR count). The van der Waals surface area contributed by atoms with Crippen LogP contribution >= 0.6 is 11.6 Å². The molecule has 0 aromatic heterocycles. The lowest BCUT2D eigenvalue weighted by atomic mass is 10.2. The summed E-state index contributed by atoms with van der Waals surface area (Å²) >= 11 is 5.41. The first-order valence-corrected chi connectivity index (χ1v) is 5.25. The number of rotatable bonds is 4. The molecule has 0 spiro atoms. The molecule has 0 atom stereocenters. The molecule has 4 heteroatoms. The minimum absolute atomic E-state index is 0.250. The van der Waals surface area contributed by atoms with Crippen LogP contribution in [0.1, 0.15) is 5.56 Å². The highest BCUT2D eigenvalue weighted by atomic mass is 35.5. The summed E-state index contributed by atoms with van der Waals surface area (Å²) in [5.41, 5.74) is 1.07. The average Bonchev–Trinajstić information content (AvgIpc) is 2.27. The lowest BCUT2D eigenvalue weighted by molar-refractivity contribution is 0.115. The molecule has 0 aliphatic carbocycles. The average molecular weight is 228 g/mol. The van der Waals surface area contributed by atoms with Gasteiger partial charge in [0, 0.05) is 13.6 Å². The highest BCUT2D eigenvalue weighted by molar-refractivity contribution is 6.18. The van der Waals surface area contributed by atoms with Crippen molar-refractivity contribution in [3.05, 3.63) is 35.9 Å². The maximum Gasteiger partial charge on any atom is 0.409 e. The zero-order chi connectivity index (χ0) is 11.1. The Hall–Kier alpha value is -1.22. The maximum absolute atomic E-state index is 11.4. The highest BCUT2D eigenvalue weighted by Gasteiger charge is 2.09. The van der Waals surface area contributed by atoms with Crippen LogP contribution in [0.2, 0.25) is 0 Å². The van der Waals surface area contributed by atoms with Crippen LogP contribution in [0.15, 0.2) is 30.3 Å². The normalized spacial score (nSPS) is 9.73. The van der Waals surface area contributed by atoms with Crippen molar-refractivity contribution >= 4 is 17.7 Å². The SMILES string of the molecule is CN(Cc1ccccc1)C(=O)OCCCl. The van der Waals surface area contributed by atoms with Gasteiger partial charge in [0.25, 0.3) is 0 Å². The summed E-state index contributed by atoms with van der Waals surface area (Å²) < 4.78 is 4.88. The van der Waals surface area contributed by atoms with E-state index in [0.29, 0.717) is 12.4 Å². The minimum Gasteiger partial charge on any atom is -0.448 e. The summed E-state index contributed by atoms with van der Waals surface area (Å²) in [4.78, 5) is 12.9. The lowest BCUT2D eigenvalue weighted by Gasteiger charge is -2.16. The van der Waals surface area contributed by atoms with Gasteiger partial charge in [0.2, 0.25) is 0 Å². The number of alkyl halides is 1. The fraction of sp³-hybridized carbons (Fsp3) is 0.364. The van der Waals surface area contributed by atoms with Crippen LogP contribution in [-0.2, 0) is 11.3 Å². The van der Waals surface area contributed by atoms with Gasteiger partial charge in [0.1, 0.15) is 6.61 Å². The van der Waals surface area contributed by atoms with E-state index in [2.05, 4.69) is 0 Å². The van der Waals surface area contributed by atoms with E-state index in [1.165, 1.54) is 4.90 Å². The van der Waals surface area contributed by atoms with Gasteiger partial charge in [-0.3, -0.25) is 0 Å². The zero-order valence-corrected chi connectivity index (χ0v) is 9.41. The Morgan fingerprint density at radius 2 is 2.07 bits per heavy atom. The molecule has 15 heavy (non-hydrogen) atoms. The maximum atomic E-state index is 11.4. The molecule has 0 N–H and O–H groups in total. The third-order valence-corrected chi connectivity index (χ3v) is 2.03. The first kappa shape index (κ1) is 11.9. The van der Waals surface area contributed by atoms with Crippen molar-refractivity contribution in [1.82, 2.24) is 4.90 Å². The second-order valence-electron chi connectivity index (χ2n) is 3.15. The lowest BCUT2D eigenvalue weighted by Crippen LogP contribution is -2.27. The third-order valence-electron chi connectivity index (χ3n) is 1.88. The molecule has 0 fully saturated rings. The molecule has 0 aliphatic heterocycles. The van der Waals surface area contributed by atoms with Crippen molar-refractivity contribution in [2.24, 2.45) is 0 Å². The summed E-state index contributed by atoms with van der Waals surface area (Å²) in [6, 6.07) is 9.74. The number of hydrogen-bond acceptors (Lipinski definition) is 2. The predicted molar refractivity (Wildman–Crippen MR) is 60.0 cm³/mol. The summed E-state index contributed by atoms with van der Waals surface area (Å²) in [7, 11) is 1.70. The molecule has 0 saturated carbocycles.